The van der Waals surface area contributed by atoms with Crippen LogP contribution in [0.3, 0.4) is 0 Å². The molecule has 2 aromatic rings. The number of benzene rings is 2. The third-order valence-electron chi connectivity index (χ3n) is 5.51. The van der Waals surface area contributed by atoms with Crippen LogP contribution in [0, 0.1) is 6.92 Å². The Balaban J connectivity index is 1.73. The van der Waals surface area contributed by atoms with Gasteiger partial charge in [-0.15, -0.1) is 0 Å². The Bertz CT molecular complexity index is 868. The quantitative estimate of drug-likeness (QED) is 0.654. The van der Waals surface area contributed by atoms with Crippen molar-refractivity contribution >= 4 is 5.57 Å². The van der Waals surface area contributed by atoms with Crippen LogP contribution in [-0.2, 0) is 4.74 Å². The van der Waals surface area contributed by atoms with Gasteiger partial charge in [0.15, 0.2) is 0 Å². The van der Waals surface area contributed by atoms with E-state index in [2.05, 4.69) is 92.6 Å². The monoisotopic (exact) mass is 375 g/mol. The molecule has 3 atom stereocenters. The SMILES string of the molecule is Cc1ccc(C2=CC3c4ccccc4OC(C)CC(C)OCCN3C=C2)cc1. The van der Waals surface area contributed by atoms with Crippen molar-refractivity contribution in [1.82, 2.24) is 4.90 Å². The van der Waals surface area contributed by atoms with E-state index in [0.717, 1.165) is 18.7 Å². The van der Waals surface area contributed by atoms with Crippen molar-refractivity contribution in [3.63, 3.8) is 0 Å². The van der Waals surface area contributed by atoms with Crippen LogP contribution in [0.25, 0.3) is 5.57 Å². The molecule has 3 nitrogen and oxygen atoms in total. The summed E-state index contributed by atoms with van der Waals surface area (Å²) in [6.07, 6.45) is 7.94. The van der Waals surface area contributed by atoms with Crippen molar-refractivity contribution in [2.75, 3.05) is 13.2 Å². The smallest absolute Gasteiger partial charge is 0.125 e. The molecule has 0 fully saturated rings. The Kier molecular flexibility index (Phi) is 5.54. The van der Waals surface area contributed by atoms with E-state index in [1.807, 2.05) is 0 Å². The second kappa shape index (κ2) is 8.24. The highest BCUT2D eigenvalue weighted by molar-refractivity contribution is 5.76. The van der Waals surface area contributed by atoms with E-state index in [1.165, 1.54) is 22.3 Å². The van der Waals surface area contributed by atoms with Gasteiger partial charge in [-0.3, -0.25) is 0 Å². The summed E-state index contributed by atoms with van der Waals surface area (Å²) < 4.78 is 12.4. The zero-order valence-corrected chi connectivity index (χ0v) is 17.0. The van der Waals surface area contributed by atoms with Gasteiger partial charge in [-0.2, -0.15) is 0 Å². The normalized spacial score (nSPS) is 25.0. The van der Waals surface area contributed by atoms with Crippen LogP contribution in [-0.4, -0.2) is 30.3 Å². The Morgan fingerprint density at radius 1 is 0.964 bits per heavy atom. The molecule has 4 rings (SSSR count). The van der Waals surface area contributed by atoms with Crippen molar-refractivity contribution < 1.29 is 9.47 Å². The van der Waals surface area contributed by atoms with Crippen LogP contribution >= 0.6 is 0 Å². The lowest BCUT2D eigenvalue weighted by Crippen LogP contribution is -2.29. The summed E-state index contributed by atoms with van der Waals surface area (Å²) in [5, 5.41) is 0. The molecular weight excluding hydrogens is 346 g/mol. The minimum absolute atomic E-state index is 0.113. The van der Waals surface area contributed by atoms with E-state index in [1.54, 1.807) is 0 Å². The van der Waals surface area contributed by atoms with Gasteiger partial charge in [-0.25, -0.2) is 0 Å². The summed E-state index contributed by atoms with van der Waals surface area (Å²) in [5.74, 6) is 0.967. The summed E-state index contributed by atoms with van der Waals surface area (Å²) in [4.78, 5) is 2.35. The highest BCUT2D eigenvalue weighted by atomic mass is 16.5. The molecule has 2 aliphatic rings. The summed E-state index contributed by atoms with van der Waals surface area (Å²) >= 11 is 0. The Labute approximate surface area is 168 Å². The fraction of sp³-hybridized carbons (Fsp3) is 0.360. The van der Waals surface area contributed by atoms with Crippen molar-refractivity contribution in [1.29, 1.82) is 0 Å². The Hall–Kier alpha value is -2.52. The summed E-state index contributed by atoms with van der Waals surface area (Å²) in [6.45, 7) is 7.94. The van der Waals surface area contributed by atoms with E-state index in [9.17, 15) is 0 Å². The van der Waals surface area contributed by atoms with Crippen LogP contribution in [0.15, 0.2) is 66.9 Å². The molecule has 3 heteroatoms. The number of nitrogens with zero attached hydrogens (tertiary/aromatic N) is 1. The number of fused-ring (bicyclic) bond motifs is 3. The average Bonchev–Trinajstić information content (AvgIpc) is 2.71. The summed E-state index contributed by atoms with van der Waals surface area (Å²) in [5.41, 5.74) is 4.97. The standard InChI is InChI=1S/C25H29NO2/c1-18-8-10-21(11-9-18)22-12-13-26-14-15-27-19(2)16-20(3)28-25-7-5-4-6-23(25)24(26)17-22/h4-13,17,19-20,24H,14-16H2,1-3H3. The van der Waals surface area contributed by atoms with E-state index >= 15 is 0 Å². The zero-order chi connectivity index (χ0) is 19.5. The molecule has 0 bridgehead atoms. The second-order valence-electron chi connectivity index (χ2n) is 7.87. The second-order valence-corrected chi connectivity index (χ2v) is 7.87. The minimum atomic E-state index is 0.113. The Morgan fingerprint density at radius 3 is 2.57 bits per heavy atom. The van der Waals surface area contributed by atoms with Gasteiger partial charge < -0.3 is 14.4 Å². The van der Waals surface area contributed by atoms with E-state index in [4.69, 9.17) is 9.47 Å². The van der Waals surface area contributed by atoms with Gasteiger partial charge in [0.05, 0.1) is 24.9 Å². The molecule has 0 saturated carbocycles. The number of rotatable bonds is 1. The van der Waals surface area contributed by atoms with Crippen molar-refractivity contribution in [2.24, 2.45) is 0 Å². The minimum Gasteiger partial charge on any atom is -0.490 e. The number of allylic oxidation sites excluding steroid dienone is 2. The molecule has 0 amide bonds. The fourth-order valence-corrected chi connectivity index (χ4v) is 4.00. The molecule has 0 radical (unpaired) electrons. The fourth-order valence-electron chi connectivity index (χ4n) is 4.00. The topological polar surface area (TPSA) is 21.7 Å². The lowest BCUT2D eigenvalue weighted by Gasteiger charge is -2.33. The maximum Gasteiger partial charge on any atom is 0.125 e. The Morgan fingerprint density at radius 2 is 1.75 bits per heavy atom. The maximum absolute atomic E-state index is 6.34. The number of para-hydroxylation sites is 1. The molecule has 2 heterocycles. The molecule has 2 aromatic carbocycles. The first-order valence-electron chi connectivity index (χ1n) is 10.2. The van der Waals surface area contributed by atoms with Gasteiger partial charge >= 0.3 is 0 Å². The van der Waals surface area contributed by atoms with Crippen LogP contribution in [0.4, 0.5) is 0 Å². The maximum atomic E-state index is 6.34. The molecule has 0 aromatic heterocycles. The third kappa shape index (κ3) is 4.15. The predicted octanol–water partition coefficient (Wildman–Crippen LogP) is 5.53. The highest BCUT2D eigenvalue weighted by Gasteiger charge is 2.25. The molecule has 0 spiro atoms. The molecular formula is C25H29NO2. The van der Waals surface area contributed by atoms with Gasteiger partial charge in [-0.1, -0.05) is 48.0 Å². The van der Waals surface area contributed by atoms with E-state index < -0.39 is 0 Å². The van der Waals surface area contributed by atoms with E-state index in [0.29, 0.717) is 6.61 Å². The first kappa shape index (κ1) is 18.8. The lowest BCUT2D eigenvalue weighted by molar-refractivity contribution is 0.0287. The van der Waals surface area contributed by atoms with Gasteiger partial charge in [0.1, 0.15) is 5.75 Å². The number of hydrogen-bond donors (Lipinski definition) is 0. The number of hydrogen-bond acceptors (Lipinski definition) is 3. The summed E-state index contributed by atoms with van der Waals surface area (Å²) in [7, 11) is 0. The molecule has 28 heavy (non-hydrogen) atoms. The van der Waals surface area contributed by atoms with Crippen LogP contribution in [0.2, 0.25) is 0 Å². The van der Waals surface area contributed by atoms with E-state index in [-0.39, 0.29) is 18.2 Å². The van der Waals surface area contributed by atoms with Crippen molar-refractivity contribution in [3.8, 4) is 5.75 Å². The van der Waals surface area contributed by atoms with Gasteiger partial charge in [0.25, 0.3) is 0 Å². The molecule has 0 saturated heterocycles. The van der Waals surface area contributed by atoms with Crippen LogP contribution in [0.5, 0.6) is 5.75 Å². The third-order valence-corrected chi connectivity index (χ3v) is 5.51. The molecule has 146 valence electrons. The lowest BCUT2D eigenvalue weighted by atomic mass is 9.94. The number of aryl methyl sites for hydroxylation is 1. The zero-order valence-electron chi connectivity index (χ0n) is 17.0. The molecule has 0 aliphatic carbocycles. The average molecular weight is 376 g/mol. The molecule has 3 unspecified atom stereocenters. The molecule has 2 aliphatic heterocycles. The van der Waals surface area contributed by atoms with Crippen LogP contribution < -0.4 is 4.74 Å². The van der Waals surface area contributed by atoms with Gasteiger partial charge in [0.2, 0.25) is 0 Å². The summed E-state index contributed by atoms with van der Waals surface area (Å²) in [6, 6.07) is 17.3. The van der Waals surface area contributed by atoms with Gasteiger partial charge in [0, 0.05) is 24.7 Å². The predicted molar refractivity (Wildman–Crippen MR) is 114 cm³/mol. The largest absolute Gasteiger partial charge is 0.490 e. The van der Waals surface area contributed by atoms with Crippen molar-refractivity contribution in [2.45, 2.75) is 45.4 Å². The first-order valence-corrected chi connectivity index (χ1v) is 10.2. The van der Waals surface area contributed by atoms with Crippen molar-refractivity contribution in [3.05, 3.63) is 83.6 Å². The number of ether oxygens (including phenoxy) is 2. The highest BCUT2D eigenvalue weighted by Crippen LogP contribution is 2.37. The van der Waals surface area contributed by atoms with Crippen LogP contribution in [0.1, 0.15) is 43.0 Å². The first-order chi connectivity index (χ1) is 13.6. The van der Waals surface area contributed by atoms with Gasteiger partial charge in [-0.05, 0) is 50.1 Å². The molecule has 0 N–H and O–H groups in total.